The number of ketones is 1. The molecular formula is C24H44O4. The van der Waals surface area contributed by atoms with Crippen LogP contribution in [0.3, 0.4) is 0 Å². The van der Waals surface area contributed by atoms with Crippen LogP contribution in [0.1, 0.15) is 110 Å². The monoisotopic (exact) mass is 396 g/mol. The average Bonchev–Trinajstić information content (AvgIpc) is 3.03. The van der Waals surface area contributed by atoms with Crippen LogP contribution < -0.4 is 0 Å². The number of ether oxygens (including phenoxy) is 1. The Morgan fingerprint density at radius 3 is 2.32 bits per heavy atom. The molecule has 3 atom stereocenters. The van der Waals surface area contributed by atoms with Crippen molar-refractivity contribution >= 4 is 11.8 Å². The van der Waals surface area contributed by atoms with Crippen molar-refractivity contribution in [1.29, 1.82) is 0 Å². The molecule has 0 amide bonds. The van der Waals surface area contributed by atoms with Gasteiger partial charge < -0.3 is 9.84 Å². The van der Waals surface area contributed by atoms with Gasteiger partial charge in [-0.05, 0) is 51.4 Å². The van der Waals surface area contributed by atoms with Gasteiger partial charge in [0.2, 0.25) is 0 Å². The summed E-state index contributed by atoms with van der Waals surface area (Å²) in [5.74, 6) is 1.38. The summed E-state index contributed by atoms with van der Waals surface area (Å²) in [6, 6.07) is 0. The number of esters is 1. The van der Waals surface area contributed by atoms with E-state index in [1.54, 1.807) is 0 Å². The van der Waals surface area contributed by atoms with Gasteiger partial charge in [-0.2, -0.15) is 0 Å². The number of carbonyl (C=O) groups is 2. The van der Waals surface area contributed by atoms with Crippen LogP contribution >= 0.6 is 0 Å². The molecule has 0 aromatic rings. The molecule has 0 spiro atoms. The second-order valence-electron chi connectivity index (χ2n) is 8.50. The van der Waals surface area contributed by atoms with E-state index in [-0.39, 0.29) is 11.9 Å². The molecule has 1 aliphatic carbocycles. The van der Waals surface area contributed by atoms with Crippen LogP contribution in [-0.4, -0.2) is 30.1 Å². The average molecular weight is 397 g/mol. The van der Waals surface area contributed by atoms with E-state index in [0.29, 0.717) is 30.8 Å². The van der Waals surface area contributed by atoms with Crippen molar-refractivity contribution in [3.63, 3.8) is 0 Å². The lowest BCUT2D eigenvalue weighted by molar-refractivity contribution is -0.148. The van der Waals surface area contributed by atoms with Gasteiger partial charge in [0.05, 0.1) is 12.5 Å². The molecule has 0 aliphatic heterocycles. The molecule has 28 heavy (non-hydrogen) atoms. The quantitative estimate of drug-likeness (QED) is 0.248. The Balaban J connectivity index is 2.17. The fourth-order valence-corrected chi connectivity index (χ4v) is 4.63. The van der Waals surface area contributed by atoms with E-state index >= 15 is 0 Å². The SMILES string of the molecule is CCOC(=O)C(CC)CCCCC[C@H]1C(=O)CC[C@@H]1CCCCCCCCO. The third-order valence-electron chi connectivity index (χ3n) is 6.41. The van der Waals surface area contributed by atoms with Crippen molar-refractivity contribution in [2.75, 3.05) is 13.2 Å². The van der Waals surface area contributed by atoms with E-state index in [1.807, 2.05) is 6.92 Å². The van der Waals surface area contributed by atoms with Crippen LogP contribution in [0.4, 0.5) is 0 Å². The summed E-state index contributed by atoms with van der Waals surface area (Å²) in [6.45, 7) is 4.68. The molecule has 0 bridgehead atoms. The van der Waals surface area contributed by atoms with Gasteiger partial charge in [-0.25, -0.2) is 0 Å². The van der Waals surface area contributed by atoms with E-state index in [1.165, 1.54) is 32.1 Å². The van der Waals surface area contributed by atoms with Gasteiger partial charge in [-0.15, -0.1) is 0 Å². The first kappa shape index (κ1) is 25.1. The van der Waals surface area contributed by atoms with Crippen LogP contribution in [0.2, 0.25) is 0 Å². The predicted octanol–water partition coefficient (Wildman–Crippen LogP) is 5.84. The minimum absolute atomic E-state index is 0.0400. The number of rotatable bonds is 17. The van der Waals surface area contributed by atoms with Crippen LogP contribution in [0.5, 0.6) is 0 Å². The normalized spacial score (nSPS) is 20.5. The summed E-state index contributed by atoms with van der Waals surface area (Å²) in [4.78, 5) is 24.1. The topological polar surface area (TPSA) is 63.6 Å². The zero-order chi connectivity index (χ0) is 20.6. The van der Waals surface area contributed by atoms with Gasteiger partial charge in [0.25, 0.3) is 0 Å². The van der Waals surface area contributed by atoms with Gasteiger partial charge >= 0.3 is 5.97 Å². The zero-order valence-electron chi connectivity index (χ0n) is 18.4. The standard InChI is InChI=1S/C24H44O4/c1-3-20(24(27)28-4-2)14-11-9-12-16-22-21(17-18-23(22)26)15-10-7-5-6-8-13-19-25/h20-22,25H,3-19H2,1-2H3/t20?,21-,22+/m0/s1. The van der Waals surface area contributed by atoms with Gasteiger partial charge in [0.15, 0.2) is 0 Å². The number of Topliss-reactive ketones (excluding diaryl/α,β-unsaturated/α-hetero) is 1. The number of aliphatic hydroxyl groups excluding tert-OH is 1. The first-order valence-electron chi connectivity index (χ1n) is 11.9. The molecule has 1 unspecified atom stereocenters. The van der Waals surface area contributed by atoms with Gasteiger partial charge in [0.1, 0.15) is 5.78 Å². The maximum Gasteiger partial charge on any atom is 0.308 e. The molecule has 4 nitrogen and oxygen atoms in total. The van der Waals surface area contributed by atoms with Crippen molar-refractivity contribution in [3.05, 3.63) is 0 Å². The Kier molecular flexibility index (Phi) is 14.3. The molecule has 0 aromatic heterocycles. The van der Waals surface area contributed by atoms with Crippen LogP contribution in [0, 0.1) is 17.8 Å². The van der Waals surface area contributed by atoms with Crippen molar-refractivity contribution in [3.8, 4) is 0 Å². The highest BCUT2D eigenvalue weighted by atomic mass is 16.5. The smallest absolute Gasteiger partial charge is 0.308 e. The molecule has 1 fully saturated rings. The number of carbonyl (C=O) groups excluding carboxylic acids is 2. The Labute approximate surface area is 172 Å². The lowest BCUT2D eigenvalue weighted by Crippen LogP contribution is -2.17. The van der Waals surface area contributed by atoms with Crippen molar-refractivity contribution in [2.45, 2.75) is 110 Å². The van der Waals surface area contributed by atoms with Crippen molar-refractivity contribution < 1.29 is 19.4 Å². The van der Waals surface area contributed by atoms with Gasteiger partial charge in [0, 0.05) is 18.9 Å². The third kappa shape index (κ3) is 10.0. The van der Waals surface area contributed by atoms with Crippen LogP contribution in [0.15, 0.2) is 0 Å². The third-order valence-corrected chi connectivity index (χ3v) is 6.41. The Hall–Kier alpha value is -0.900. The highest BCUT2D eigenvalue weighted by Gasteiger charge is 2.33. The molecule has 1 aliphatic rings. The van der Waals surface area contributed by atoms with Crippen LogP contribution in [0.25, 0.3) is 0 Å². The molecular weight excluding hydrogens is 352 g/mol. The first-order valence-corrected chi connectivity index (χ1v) is 11.9. The zero-order valence-corrected chi connectivity index (χ0v) is 18.4. The van der Waals surface area contributed by atoms with Crippen molar-refractivity contribution in [1.82, 2.24) is 0 Å². The lowest BCUT2D eigenvalue weighted by Gasteiger charge is -2.18. The summed E-state index contributed by atoms with van der Waals surface area (Å²) < 4.78 is 5.14. The minimum atomic E-state index is -0.0487. The van der Waals surface area contributed by atoms with Crippen LogP contribution in [-0.2, 0) is 14.3 Å². The fraction of sp³-hybridized carbons (Fsp3) is 0.917. The molecule has 1 N–H and O–H groups in total. The molecule has 4 heteroatoms. The second kappa shape index (κ2) is 16.0. The van der Waals surface area contributed by atoms with Gasteiger partial charge in [-0.1, -0.05) is 58.3 Å². The summed E-state index contributed by atoms with van der Waals surface area (Å²) in [5, 5.41) is 8.80. The second-order valence-corrected chi connectivity index (χ2v) is 8.50. The summed E-state index contributed by atoms with van der Waals surface area (Å²) >= 11 is 0. The summed E-state index contributed by atoms with van der Waals surface area (Å²) in [7, 11) is 0. The highest BCUT2D eigenvalue weighted by molar-refractivity contribution is 5.83. The van der Waals surface area contributed by atoms with E-state index in [4.69, 9.17) is 9.84 Å². The molecule has 1 rings (SSSR count). The molecule has 0 saturated heterocycles. The highest BCUT2D eigenvalue weighted by Crippen LogP contribution is 2.36. The number of unbranched alkanes of at least 4 members (excludes halogenated alkanes) is 7. The molecule has 0 heterocycles. The minimum Gasteiger partial charge on any atom is -0.466 e. The Morgan fingerprint density at radius 2 is 1.64 bits per heavy atom. The molecule has 0 radical (unpaired) electrons. The number of hydrogen-bond donors (Lipinski definition) is 1. The first-order chi connectivity index (χ1) is 13.6. The summed E-state index contributed by atoms with van der Waals surface area (Å²) in [5.41, 5.74) is 0. The molecule has 1 saturated carbocycles. The van der Waals surface area contributed by atoms with E-state index in [2.05, 4.69) is 6.92 Å². The lowest BCUT2D eigenvalue weighted by atomic mass is 9.86. The van der Waals surface area contributed by atoms with E-state index in [0.717, 1.165) is 64.2 Å². The van der Waals surface area contributed by atoms with E-state index in [9.17, 15) is 9.59 Å². The van der Waals surface area contributed by atoms with E-state index < -0.39 is 0 Å². The molecule has 164 valence electrons. The molecule has 0 aromatic carbocycles. The maximum atomic E-state index is 12.3. The Bertz CT molecular complexity index is 421. The van der Waals surface area contributed by atoms with Gasteiger partial charge in [-0.3, -0.25) is 9.59 Å². The van der Waals surface area contributed by atoms with Crippen molar-refractivity contribution in [2.24, 2.45) is 17.8 Å². The predicted molar refractivity (Wildman–Crippen MR) is 114 cm³/mol. The maximum absolute atomic E-state index is 12.3. The summed E-state index contributed by atoms with van der Waals surface area (Å²) in [6.07, 6.45) is 16.2. The number of aliphatic hydroxyl groups is 1. The Morgan fingerprint density at radius 1 is 1.00 bits per heavy atom. The number of hydrogen-bond acceptors (Lipinski definition) is 4. The fourth-order valence-electron chi connectivity index (χ4n) is 4.63. The largest absolute Gasteiger partial charge is 0.466 e.